The number of anilines is 1. The van der Waals surface area contributed by atoms with Gasteiger partial charge in [-0.1, -0.05) is 13.8 Å². The average molecular weight is 313 g/mol. The lowest BCUT2D eigenvalue weighted by atomic mass is 10.1. The second kappa shape index (κ2) is 8.51. The third-order valence-corrected chi connectivity index (χ3v) is 3.50. The van der Waals surface area contributed by atoms with Crippen molar-refractivity contribution in [3.05, 3.63) is 24.0 Å². The molecule has 3 amide bonds. The van der Waals surface area contributed by atoms with Crippen LogP contribution in [0.2, 0.25) is 0 Å². The lowest BCUT2D eigenvalue weighted by Gasteiger charge is -2.08. The van der Waals surface area contributed by atoms with Gasteiger partial charge in [0, 0.05) is 17.1 Å². The largest absolute Gasteiger partial charge is 0.399 e. The highest BCUT2D eigenvalue weighted by molar-refractivity contribution is 8.00. The summed E-state index contributed by atoms with van der Waals surface area (Å²) < 4.78 is 13.1. The van der Waals surface area contributed by atoms with Gasteiger partial charge in [0.05, 0.1) is 5.75 Å². The number of carbonyl (C=O) groups is 2. The monoisotopic (exact) mass is 313 g/mol. The maximum atomic E-state index is 13.1. The van der Waals surface area contributed by atoms with Gasteiger partial charge in [-0.3, -0.25) is 10.1 Å². The second-order valence-electron chi connectivity index (χ2n) is 5.00. The minimum Gasteiger partial charge on any atom is -0.399 e. The van der Waals surface area contributed by atoms with Crippen LogP contribution in [0.3, 0.4) is 0 Å². The number of hydrogen-bond acceptors (Lipinski definition) is 4. The molecule has 0 saturated heterocycles. The molecular weight excluding hydrogens is 293 g/mol. The summed E-state index contributed by atoms with van der Waals surface area (Å²) in [6.07, 6.45) is 0.846. The van der Waals surface area contributed by atoms with Gasteiger partial charge in [0.2, 0.25) is 5.91 Å². The van der Waals surface area contributed by atoms with Crippen LogP contribution in [0.4, 0.5) is 14.9 Å². The minimum absolute atomic E-state index is 0.0144. The zero-order valence-electron chi connectivity index (χ0n) is 12.1. The first kappa shape index (κ1) is 17.3. The second-order valence-corrected chi connectivity index (χ2v) is 6.04. The summed E-state index contributed by atoms with van der Waals surface area (Å²) in [7, 11) is 0. The zero-order valence-corrected chi connectivity index (χ0v) is 12.9. The Morgan fingerprint density at radius 3 is 2.67 bits per heavy atom. The smallest absolute Gasteiger partial charge is 0.321 e. The number of carbonyl (C=O) groups excluding carboxylic acids is 2. The Morgan fingerprint density at radius 1 is 1.33 bits per heavy atom. The summed E-state index contributed by atoms with van der Waals surface area (Å²) in [5.41, 5.74) is 5.80. The molecule has 116 valence electrons. The van der Waals surface area contributed by atoms with Gasteiger partial charge < -0.3 is 11.1 Å². The Labute approximate surface area is 127 Å². The van der Waals surface area contributed by atoms with E-state index in [1.165, 1.54) is 12.1 Å². The fraction of sp³-hybridized carbons (Fsp3) is 0.429. The quantitative estimate of drug-likeness (QED) is 0.556. The summed E-state index contributed by atoms with van der Waals surface area (Å²) in [6, 6.07) is 3.55. The van der Waals surface area contributed by atoms with E-state index in [1.807, 2.05) is 13.8 Å². The van der Waals surface area contributed by atoms with Crippen LogP contribution in [0.5, 0.6) is 0 Å². The van der Waals surface area contributed by atoms with E-state index < -0.39 is 17.8 Å². The Kier molecular flexibility index (Phi) is 7.01. The van der Waals surface area contributed by atoms with Gasteiger partial charge in [0.25, 0.3) is 0 Å². The fourth-order valence-corrected chi connectivity index (χ4v) is 2.28. The van der Waals surface area contributed by atoms with Gasteiger partial charge in [-0.05, 0) is 30.5 Å². The number of thioether (sulfide) groups is 1. The topological polar surface area (TPSA) is 84.2 Å². The molecular formula is C14H20FN3O2S. The molecule has 0 heterocycles. The van der Waals surface area contributed by atoms with E-state index >= 15 is 0 Å². The maximum absolute atomic E-state index is 13.1. The molecule has 5 nitrogen and oxygen atoms in total. The normalized spacial score (nSPS) is 10.5. The number of rotatable bonds is 6. The number of nitrogens with one attached hydrogen (secondary N) is 2. The highest BCUT2D eigenvalue weighted by Gasteiger charge is 2.09. The number of amides is 3. The highest BCUT2D eigenvalue weighted by Crippen LogP contribution is 2.21. The SMILES string of the molecule is CC(C)CCNC(=O)NC(=O)CSc1cc(N)cc(F)c1. The summed E-state index contributed by atoms with van der Waals surface area (Å²) >= 11 is 1.12. The summed E-state index contributed by atoms with van der Waals surface area (Å²) in [5.74, 6) is -0.398. The number of hydrogen-bond donors (Lipinski definition) is 3. The molecule has 0 aliphatic rings. The predicted octanol–water partition coefficient (Wildman–Crippen LogP) is 2.37. The number of benzene rings is 1. The van der Waals surface area contributed by atoms with Crippen molar-refractivity contribution in [2.45, 2.75) is 25.2 Å². The standard InChI is InChI=1S/C14H20FN3O2S/c1-9(2)3-4-17-14(20)18-13(19)8-21-12-6-10(15)5-11(16)7-12/h5-7,9H,3-4,8,16H2,1-2H3,(H2,17,18,19,20). The third kappa shape index (κ3) is 7.55. The molecule has 1 aromatic carbocycles. The molecule has 0 unspecified atom stereocenters. The Bertz CT molecular complexity index is 489. The van der Waals surface area contributed by atoms with Gasteiger partial charge in [-0.15, -0.1) is 11.8 Å². The highest BCUT2D eigenvalue weighted by atomic mass is 32.2. The van der Waals surface area contributed by atoms with Crippen molar-refractivity contribution in [3.63, 3.8) is 0 Å². The van der Waals surface area contributed by atoms with Crippen LogP contribution in [0.15, 0.2) is 23.1 Å². The number of urea groups is 1. The Morgan fingerprint density at radius 2 is 2.05 bits per heavy atom. The maximum Gasteiger partial charge on any atom is 0.321 e. The number of imide groups is 1. The van der Waals surface area contributed by atoms with Crippen molar-refractivity contribution in [2.75, 3.05) is 18.0 Å². The molecule has 0 saturated carbocycles. The van der Waals surface area contributed by atoms with Crippen LogP contribution < -0.4 is 16.4 Å². The van der Waals surface area contributed by atoms with Crippen LogP contribution in [0, 0.1) is 11.7 Å². The first-order valence-corrected chi connectivity index (χ1v) is 7.62. The number of nitrogens with two attached hydrogens (primary N) is 1. The van der Waals surface area contributed by atoms with E-state index in [2.05, 4.69) is 10.6 Å². The minimum atomic E-state index is -0.514. The third-order valence-electron chi connectivity index (χ3n) is 2.52. The van der Waals surface area contributed by atoms with Gasteiger partial charge in [-0.2, -0.15) is 0 Å². The zero-order chi connectivity index (χ0) is 15.8. The van der Waals surface area contributed by atoms with Crippen LogP contribution in [0.1, 0.15) is 20.3 Å². The Balaban J connectivity index is 2.32. The van der Waals surface area contributed by atoms with E-state index in [9.17, 15) is 14.0 Å². The molecule has 0 aliphatic carbocycles. The van der Waals surface area contributed by atoms with Gasteiger partial charge in [0.15, 0.2) is 0 Å². The van der Waals surface area contributed by atoms with E-state index in [1.54, 1.807) is 6.07 Å². The number of halogens is 1. The molecule has 7 heteroatoms. The van der Waals surface area contributed by atoms with Crippen molar-refractivity contribution in [1.29, 1.82) is 0 Å². The lowest BCUT2D eigenvalue weighted by molar-refractivity contribution is -0.117. The van der Waals surface area contributed by atoms with Gasteiger partial charge in [-0.25, -0.2) is 9.18 Å². The van der Waals surface area contributed by atoms with E-state index in [0.717, 1.165) is 18.2 Å². The van der Waals surface area contributed by atoms with Crippen molar-refractivity contribution in [2.24, 2.45) is 5.92 Å². The Hall–Kier alpha value is -1.76. The van der Waals surface area contributed by atoms with E-state index in [-0.39, 0.29) is 5.75 Å². The van der Waals surface area contributed by atoms with E-state index in [0.29, 0.717) is 23.0 Å². The summed E-state index contributed by atoms with van der Waals surface area (Å²) in [6.45, 7) is 4.61. The van der Waals surface area contributed by atoms with Crippen molar-refractivity contribution in [1.82, 2.24) is 10.6 Å². The van der Waals surface area contributed by atoms with Crippen LogP contribution in [-0.4, -0.2) is 24.2 Å². The molecule has 4 N–H and O–H groups in total. The molecule has 0 atom stereocenters. The molecule has 1 rings (SSSR count). The van der Waals surface area contributed by atoms with Crippen LogP contribution in [-0.2, 0) is 4.79 Å². The van der Waals surface area contributed by atoms with E-state index in [4.69, 9.17) is 5.73 Å². The molecule has 0 radical (unpaired) electrons. The fourth-order valence-electron chi connectivity index (χ4n) is 1.50. The first-order chi connectivity index (χ1) is 9.86. The van der Waals surface area contributed by atoms with Crippen molar-refractivity contribution >= 4 is 29.4 Å². The lowest BCUT2D eigenvalue weighted by Crippen LogP contribution is -2.40. The van der Waals surface area contributed by atoms with Gasteiger partial charge >= 0.3 is 6.03 Å². The molecule has 0 bridgehead atoms. The predicted molar refractivity (Wildman–Crippen MR) is 82.5 cm³/mol. The molecule has 0 aromatic heterocycles. The summed E-state index contributed by atoms with van der Waals surface area (Å²) in [5, 5.41) is 4.82. The first-order valence-electron chi connectivity index (χ1n) is 6.63. The molecule has 0 fully saturated rings. The molecule has 1 aromatic rings. The molecule has 21 heavy (non-hydrogen) atoms. The van der Waals surface area contributed by atoms with Gasteiger partial charge in [0.1, 0.15) is 5.82 Å². The molecule has 0 aliphatic heterocycles. The number of nitrogen functional groups attached to an aromatic ring is 1. The summed E-state index contributed by atoms with van der Waals surface area (Å²) in [4.78, 5) is 23.5. The van der Waals surface area contributed by atoms with Crippen LogP contribution >= 0.6 is 11.8 Å². The average Bonchev–Trinajstić information content (AvgIpc) is 2.34. The van der Waals surface area contributed by atoms with Crippen LogP contribution in [0.25, 0.3) is 0 Å². The van der Waals surface area contributed by atoms with Crippen molar-refractivity contribution < 1.29 is 14.0 Å². The molecule has 0 spiro atoms. The van der Waals surface area contributed by atoms with Crippen molar-refractivity contribution in [3.8, 4) is 0 Å².